The van der Waals surface area contributed by atoms with Crippen LogP contribution in [0.15, 0.2) is 60.2 Å². The van der Waals surface area contributed by atoms with Gasteiger partial charge in [-0.05, 0) is 35.9 Å². The molecule has 0 radical (unpaired) electrons. The van der Waals surface area contributed by atoms with Crippen molar-refractivity contribution in [3.8, 4) is 0 Å². The lowest BCUT2D eigenvalue weighted by Crippen LogP contribution is -2.52. The van der Waals surface area contributed by atoms with Crippen LogP contribution in [0.4, 0.5) is 10.1 Å². The summed E-state index contributed by atoms with van der Waals surface area (Å²) in [5.74, 6) is -0.158. The molecule has 1 atom stereocenters. The Balaban J connectivity index is 1.11. The third-order valence-electron chi connectivity index (χ3n) is 7.02. The minimum absolute atomic E-state index is 0.0120. The number of carbonyl (C=O) groups is 2. The van der Waals surface area contributed by atoms with Gasteiger partial charge in [-0.1, -0.05) is 12.1 Å². The maximum Gasteiger partial charge on any atom is 0.282 e. The van der Waals surface area contributed by atoms with Crippen LogP contribution in [-0.4, -0.2) is 75.1 Å². The summed E-state index contributed by atoms with van der Waals surface area (Å²) in [6.45, 7) is 3.96. The Morgan fingerprint density at radius 2 is 1.89 bits per heavy atom. The number of nitrogens with zero attached hydrogens (tertiary/aromatic N) is 6. The van der Waals surface area contributed by atoms with Gasteiger partial charge in [-0.15, -0.1) is 11.3 Å². The fraction of sp³-hybridized carbons (Fsp3) is 0.308. The van der Waals surface area contributed by atoms with Gasteiger partial charge in [0.25, 0.3) is 5.91 Å². The van der Waals surface area contributed by atoms with Crippen LogP contribution < -0.4 is 4.90 Å². The zero-order valence-electron chi connectivity index (χ0n) is 19.6. The molecule has 10 heteroatoms. The van der Waals surface area contributed by atoms with E-state index in [0.29, 0.717) is 37.6 Å². The molecule has 8 nitrogen and oxygen atoms in total. The average Bonchev–Trinajstić information content (AvgIpc) is 3.66. The van der Waals surface area contributed by atoms with Crippen molar-refractivity contribution in [2.75, 3.05) is 37.6 Å². The summed E-state index contributed by atoms with van der Waals surface area (Å²) in [6.07, 6.45) is 3.93. The predicted octanol–water partition coefficient (Wildman–Crippen LogP) is 3.24. The van der Waals surface area contributed by atoms with Crippen LogP contribution in [0.25, 0.3) is 10.9 Å². The molecule has 2 saturated heterocycles. The smallest absolute Gasteiger partial charge is 0.282 e. The van der Waals surface area contributed by atoms with Crippen LogP contribution in [0.3, 0.4) is 0 Å². The third-order valence-corrected chi connectivity index (χ3v) is 7.78. The highest BCUT2D eigenvalue weighted by Gasteiger charge is 2.36. The lowest BCUT2D eigenvalue weighted by molar-refractivity contribution is -0.117. The fourth-order valence-corrected chi connectivity index (χ4v) is 5.67. The molecule has 0 N–H and O–H groups in total. The van der Waals surface area contributed by atoms with Gasteiger partial charge in [-0.3, -0.25) is 19.2 Å². The summed E-state index contributed by atoms with van der Waals surface area (Å²) >= 11 is 1.36. The van der Waals surface area contributed by atoms with Crippen LogP contribution in [0, 0.1) is 5.82 Å². The highest BCUT2D eigenvalue weighted by atomic mass is 32.1. The fourth-order valence-electron chi connectivity index (χ4n) is 5.07. The zero-order chi connectivity index (χ0) is 24.6. The molecule has 0 bridgehead atoms. The Kier molecular flexibility index (Phi) is 5.98. The highest BCUT2D eigenvalue weighted by Crippen LogP contribution is 2.28. The molecule has 2 aromatic carbocycles. The van der Waals surface area contributed by atoms with Crippen molar-refractivity contribution in [3.63, 3.8) is 0 Å². The van der Waals surface area contributed by atoms with E-state index in [1.54, 1.807) is 24.5 Å². The van der Waals surface area contributed by atoms with Crippen molar-refractivity contribution in [1.82, 2.24) is 24.6 Å². The minimum atomic E-state index is -0.256. The van der Waals surface area contributed by atoms with Crippen molar-refractivity contribution in [2.24, 2.45) is 0 Å². The van der Waals surface area contributed by atoms with E-state index in [2.05, 4.69) is 15.0 Å². The molecule has 0 spiro atoms. The van der Waals surface area contributed by atoms with Gasteiger partial charge in [0.05, 0.1) is 18.3 Å². The van der Waals surface area contributed by atoms with E-state index in [-0.39, 0.29) is 23.7 Å². The summed E-state index contributed by atoms with van der Waals surface area (Å²) in [6, 6.07) is 12.5. The molecule has 2 fully saturated rings. The molecule has 4 heterocycles. The molecule has 2 amide bonds. The molecule has 2 aliphatic heterocycles. The van der Waals surface area contributed by atoms with Crippen molar-refractivity contribution in [1.29, 1.82) is 0 Å². The number of fused-ring (bicyclic) bond motifs is 1. The maximum atomic E-state index is 13.2. The van der Waals surface area contributed by atoms with Gasteiger partial charge >= 0.3 is 0 Å². The van der Waals surface area contributed by atoms with Gasteiger partial charge in [0.1, 0.15) is 5.82 Å². The lowest BCUT2D eigenvalue weighted by Gasteiger charge is -2.37. The molecule has 0 aliphatic carbocycles. The number of amides is 2. The Bertz CT molecular complexity index is 1400. The van der Waals surface area contributed by atoms with Crippen LogP contribution >= 0.6 is 11.3 Å². The van der Waals surface area contributed by atoms with E-state index in [0.717, 1.165) is 35.2 Å². The molecule has 36 heavy (non-hydrogen) atoms. The van der Waals surface area contributed by atoms with E-state index >= 15 is 0 Å². The Hall–Kier alpha value is -3.63. The molecular formula is C26H25FN6O2S. The first-order valence-corrected chi connectivity index (χ1v) is 12.9. The first-order chi connectivity index (χ1) is 17.5. The van der Waals surface area contributed by atoms with E-state index < -0.39 is 0 Å². The van der Waals surface area contributed by atoms with Gasteiger partial charge in [-0.2, -0.15) is 5.10 Å². The summed E-state index contributed by atoms with van der Waals surface area (Å²) in [5, 5.41) is 7.81. The minimum Gasteiger partial charge on any atom is -0.334 e. The number of aromatic nitrogens is 3. The highest BCUT2D eigenvalue weighted by molar-refractivity contribution is 7.11. The first-order valence-electron chi connectivity index (χ1n) is 12.0. The number of halogens is 1. The normalized spacial score (nSPS) is 18.9. The summed E-state index contributed by atoms with van der Waals surface area (Å²) in [4.78, 5) is 35.7. The van der Waals surface area contributed by atoms with Gasteiger partial charge in [0.2, 0.25) is 5.91 Å². The van der Waals surface area contributed by atoms with Gasteiger partial charge in [0, 0.05) is 67.8 Å². The monoisotopic (exact) mass is 504 g/mol. The van der Waals surface area contributed by atoms with Crippen molar-refractivity contribution < 1.29 is 14.0 Å². The quantitative estimate of drug-likeness (QED) is 0.417. The molecule has 2 aromatic heterocycles. The Labute approximate surface area is 211 Å². The molecule has 6 rings (SSSR count). The summed E-state index contributed by atoms with van der Waals surface area (Å²) in [7, 11) is 0. The van der Waals surface area contributed by atoms with Crippen molar-refractivity contribution in [2.45, 2.75) is 19.0 Å². The average molecular weight is 505 g/mol. The summed E-state index contributed by atoms with van der Waals surface area (Å²) in [5.41, 5.74) is 2.80. The molecule has 2 aliphatic rings. The molecule has 4 aromatic rings. The number of hydrogen-bond donors (Lipinski definition) is 0. The molecule has 1 unspecified atom stereocenters. The second-order valence-corrected chi connectivity index (χ2v) is 10.1. The second-order valence-electron chi connectivity index (χ2n) is 9.20. The number of carbonyl (C=O) groups excluding carboxylic acids is 2. The lowest BCUT2D eigenvalue weighted by atomic mass is 10.2. The first kappa shape index (κ1) is 22.8. The zero-order valence-corrected chi connectivity index (χ0v) is 20.4. The third kappa shape index (κ3) is 4.38. The van der Waals surface area contributed by atoms with Crippen LogP contribution in [0.5, 0.6) is 0 Å². The molecule has 0 saturated carbocycles. The maximum absolute atomic E-state index is 13.2. The molecular weight excluding hydrogens is 479 g/mol. The van der Waals surface area contributed by atoms with Gasteiger partial charge in [-0.25, -0.2) is 9.37 Å². The van der Waals surface area contributed by atoms with Crippen LogP contribution in [0.2, 0.25) is 0 Å². The molecule has 184 valence electrons. The Morgan fingerprint density at radius 3 is 2.64 bits per heavy atom. The largest absolute Gasteiger partial charge is 0.334 e. The summed E-state index contributed by atoms with van der Waals surface area (Å²) < 4.78 is 15.1. The van der Waals surface area contributed by atoms with E-state index in [9.17, 15) is 14.0 Å². The number of rotatable bonds is 5. The van der Waals surface area contributed by atoms with Gasteiger partial charge in [0.15, 0.2) is 5.01 Å². The van der Waals surface area contributed by atoms with E-state index in [1.165, 1.54) is 23.5 Å². The Morgan fingerprint density at radius 1 is 1.08 bits per heavy atom. The topological polar surface area (TPSA) is 74.6 Å². The van der Waals surface area contributed by atoms with Gasteiger partial charge < -0.3 is 9.80 Å². The number of thiazole rings is 1. The van der Waals surface area contributed by atoms with Crippen LogP contribution in [-0.2, 0) is 11.3 Å². The number of anilines is 1. The van der Waals surface area contributed by atoms with Crippen LogP contribution in [0.1, 0.15) is 21.8 Å². The number of piperazine rings is 1. The standard InChI is InChI=1S/C26H25FN6O2S/c27-20-3-1-18(2-4-20)16-33-23-6-5-21(13-19(23)15-29-33)32-17-22(14-24(32)34)30-8-10-31(11-9-30)26(35)25-28-7-12-36-25/h1-7,12-13,15,22H,8-11,14,16-17H2. The van der Waals surface area contributed by atoms with E-state index in [4.69, 9.17) is 0 Å². The number of hydrogen-bond acceptors (Lipinski definition) is 6. The second kappa shape index (κ2) is 9.44. The number of benzene rings is 2. The predicted molar refractivity (Wildman–Crippen MR) is 136 cm³/mol. The van der Waals surface area contributed by atoms with Crippen molar-refractivity contribution in [3.05, 3.63) is 76.6 Å². The van der Waals surface area contributed by atoms with E-state index in [1.807, 2.05) is 38.1 Å². The van der Waals surface area contributed by atoms with Crippen molar-refractivity contribution >= 4 is 39.7 Å². The SMILES string of the molecule is O=C(c1nccs1)N1CCN(C2CC(=O)N(c3ccc4c(cnn4Cc4ccc(F)cc4)c3)C2)CC1.